The third kappa shape index (κ3) is 6.35. The Morgan fingerprint density at radius 2 is 1.90 bits per heavy atom. The maximum Gasteiger partial charge on any atom is 0.331 e. The van der Waals surface area contributed by atoms with E-state index in [1.165, 1.54) is 38.3 Å². The first-order valence-corrected chi connectivity index (χ1v) is 9.72. The number of nitrogens with one attached hydrogen (secondary N) is 1. The first-order chi connectivity index (χ1) is 13.8. The molecule has 0 aliphatic heterocycles. The SMILES string of the molecule is COc1ccc(NC(=O)[C@H](C)OC(=O)/C=C/c2ccc(SC)cc2)c([N+](=O)[O-])c1. The lowest BCUT2D eigenvalue weighted by Crippen LogP contribution is -2.29. The largest absolute Gasteiger partial charge is 0.496 e. The van der Waals surface area contributed by atoms with Gasteiger partial charge < -0.3 is 14.8 Å². The van der Waals surface area contributed by atoms with E-state index in [0.29, 0.717) is 0 Å². The van der Waals surface area contributed by atoms with Crippen molar-refractivity contribution < 1.29 is 24.0 Å². The molecule has 0 aromatic heterocycles. The molecule has 0 saturated heterocycles. The van der Waals surface area contributed by atoms with Crippen LogP contribution in [0.4, 0.5) is 11.4 Å². The maximum atomic E-state index is 12.3. The lowest BCUT2D eigenvalue weighted by Gasteiger charge is -2.13. The molecule has 0 fully saturated rings. The summed E-state index contributed by atoms with van der Waals surface area (Å²) in [7, 11) is 1.38. The van der Waals surface area contributed by atoms with Crippen molar-refractivity contribution in [2.24, 2.45) is 0 Å². The van der Waals surface area contributed by atoms with Gasteiger partial charge in [-0.3, -0.25) is 14.9 Å². The van der Waals surface area contributed by atoms with Crippen LogP contribution in [0.1, 0.15) is 12.5 Å². The van der Waals surface area contributed by atoms with E-state index in [2.05, 4.69) is 5.32 Å². The Morgan fingerprint density at radius 3 is 2.48 bits per heavy atom. The van der Waals surface area contributed by atoms with Crippen LogP contribution in [0, 0.1) is 10.1 Å². The van der Waals surface area contributed by atoms with Gasteiger partial charge in [0.05, 0.1) is 18.1 Å². The molecule has 2 aromatic carbocycles. The highest BCUT2D eigenvalue weighted by Crippen LogP contribution is 2.29. The van der Waals surface area contributed by atoms with Crippen LogP contribution in [-0.2, 0) is 14.3 Å². The Balaban J connectivity index is 1.98. The van der Waals surface area contributed by atoms with E-state index in [4.69, 9.17) is 9.47 Å². The summed E-state index contributed by atoms with van der Waals surface area (Å²) in [4.78, 5) is 35.8. The van der Waals surface area contributed by atoms with Crippen molar-refractivity contribution in [2.45, 2.75) is 17.9 Å². The number of benzene rings is 2. The lowest BCUT2D eigenvalue weighted by molar-refractivity contribution is -0.384. The predicted molar refractivity (Wildman–Crippen MR) is 111 cm³/mol. The number of methoxy groups -OCH3 is 1. The highest BCUT2D eigenvalue weighted by molar-refractivity contribution is 7.98. The fraction of sp³-hybridized carbons (Fsp3) is 0.200. The van der Waals surface area contributed by atoms with Crippen LogP contribution in [0.15, 0.2) is 53.4 Å². The topological polar surface area (TPSA) is 108 Å². The zero-order valence-electron chi connectivity index (χ0n) is 16.1. The number of carbonyl (C=O) groups is 2. The summed E-state index contributed by atoms with van der Waals surface area (Å²) in [6, 6.07) is 11.6. The smallest absolute Gasteiger partial charge is 0.331 e. The number of nitro groups is 1. The zero-order chi connectivity index (χ0) is 21.4. The van der Waals surface area contributed by atoms with E-state index in [9.17, 15) is 19.7 Å². The molecule has 0 radical (unpaired) electrons. The summed E-state index contributed by atoms with van der Waals surface area (Å²) in [5.74, 6) is -1.11. The third-order valence-electron chi connectivity index (χ3n) is 3.85. The van der Waals surface area contributed by atoms with Gasteiger partial charge >= 0.3 is 5.97 Å². The normalized spacial score (nSPS) is 11.7. The van der Waals surface area contributed by atoms with Crippen LogP contribution in [0.25, 0.3) is 6.08 Å². The second-order valence-corrected chi connectivity index (χ2v) is 6.69. The molecule has 0 unspecified atom stereocenters. The van der Waals surface area contributed by atoms with Gasteiger partial charge in [0.15, 0.2) is 6.10 Å². The monoisotopic (exact) mass is 416 g/mol. The molecule has 9 heteroatoms. The third-order valence-corrected chi connectivity index (χ3v) is 4.59. The number of rotatable bonds is 8. The molecule has 8 nitrogen and oxygen atoms in total. The quantitative estimate of drug-likeness (QED) is 0.228. The minimum absolute atomic E-state index is 0.0203. The fourth-order valence-corrected chi connectivity index (χ4v) is 2.68. The van der Waals surface area contributed by atoms with Gasteiger partial charge in [-0.15, -0.1) is 11.8 Å². The van der Waals surface area contributed by atoms with Crippen molar-refractivity contribution in [3.63, 3.8) is 0 Å². The van der Waals surface area contributed by atoms with Crippen molar-refractivity contribution in [3.8, 4) is 5.75 Å². The zero-order valence-corrected chi connectivity index (χ0v) is 16.9. The van der Waals surface area contributed by atoms with Gasteiger partial charge in [0.2, 0.25) is 0 Å². The lowest BCUT2D eigenvalue weighted by atomic mass is 10.2. The van der Waals surface area contributed by atoms with Gasteiger partial charge in [0.1, 0.15) is 11.4 Å². The number of hydrogen-bond donors (Lipinski definition) is 1. The molecule has 1 N–H and O–H groups in total. The van der Waals surface area contributed by atoms with Crippen LogP contribution in [0.5, 0.6) is 5.75 Å². The van der Waals surface area contributed by atoms with E-state index in [-0.39, 0.29) is 17.1 Å². The highest BCUT2D eigenvalue weighted by Gasteiger charge is 2.22. The highest BCUT2D eigenvalue weighted by atomic mass is 32.2. The Bertz CT molecular complexity index is 927. The summed E-state index contributed by atoms with van der Waals surface area (Å²) in [6.45, 7) is 1.38. The second kappa shape index (κ2) is 10.3. The van der Waals surface area contributed by atoms with Crippen molar-refractivity contribution in [1.29, 1.82) is 0 Å². The number of hydrogen-bond acceptors (Lipinski definition) is 7. The van der Waals surface area contributed by atoms with E-state index >= 15 is 0 Å². The molecule has 1 atom stereocenters. The van der Waals surface area contributed by atoms with Gasteiger partial charge in [0.25, 0.3) is 11.6 Å². The first-order valence-electron chi connectivity index (χ1n) is 8.50. The molecule has 0 aliphatic rings. The molecule has 0 aliphatic carbocycles. The second-order valence-electron chi connectivity index (χ2n) is 5.82. The van der Waals surface area contributed by atoms with Gasteiger partial charge in [0, 0.05) is 11.0 Å². The summed E-state index contributed by atoms with van der Waals surface area (Å²) in [5.41, 5.74) is 0.462. The minimum atomic E-state index is -1.15. The number of esters is 1. The Kier molecular flexibility index (Phi) is 7.79. The standard InChI is InChI=1S/C20H20N2O6S/c1-13(28-19(23)11-6-14-4-8-16(29-3)9-5-14)20(24)21-17-10-7-15(27-2)12-18(17)22(25)26/h4-13H,1-3H3,(H,21,24)/b11-6+/t13-/m0/s1. The van der Waals surface area contributed by atoms with Gasteiger partial charge in [-0.1, -0.05) is 12.1 Å². The molecule has 1 amide bonds. The van der Waals surface area contributed by atoms with Crippen LogP contribution in [0.3, 0.4) is 0 Å². The van der Waals surface area contributed by atoms with Crippen LogP contribution >= 0.6 is 11.8 Å². The van der Waals surface area contributed by atoms with E-state index < -0.39 is 22.9 Å². The first kappa shape index (κ1) is 22.0. The number of ether oxygens (including phenoxy) is 2. The Labute approximate surface area is 172 Å². The summed E-state index contributed by atoms with van der Waals surface area (Å²) in [5, 5.41) is 13.6. The van der Waals surface area contributed by atoms with Crippen LogP contribution < -0.4 is 10.1 Å². The number of nitro benzene ring substituents is 1. The average molecular weight is 416 g/mol. The number of carbonyl (C=O) groups excluding carboxylic acids is 2. The van der Waals surface area contributed by atoms with Crippen LogP contribution in [0.2, 0.25) is 0 Å². The van der Waals surface area contributed by atoms with Crippen LogP contribution in [-0.4, -0.2) is 36.3 Å². The summed E-state index contributed by atoms with van der Waals surface area (Å²) >= 11 is 1.61. The van der Waals surface area contributed by atoms with Gasteiger partial charge in [-0.2, -0.15) is 0 Å². The average Bonchev–Trinajstić information content (AvgIpc) is 2.72. The van der Waals surface area contributed by atoms with E-state index in [1.807, 2.05) is 30.5 Å². The van der Waals surface area contributed by atoms with Crippen molar-refractivity contribution in [1.82, 2.24) is 0 Å². The number of thioether (sulfide) groups is 1. The van der Waals surface area contributed by atoms with Gasteiger partial charge in [-0.25, -0.2) is 4.79 Å². The van der Waals surface area contributed by atoms with Crippen molar-refractivity contribution in [3.05, 3.63) is 64.2 Å². The molecule has 0 saturated carbocycles. The summed E-state index contributed by atoms with van der Waals surface area (Å²) < 4.78 is 10.0. The van der Waals surface area contributed by atoms with E-state index in [0.717, 1.165) is 10.5 Å². The summed E-state index contributed by atoms with van der Waals surface area (Å²) in [6.07, 6.45) is 3.61. The van der Waals surface area contributed by atoms with Crippen molar-refractivity contribution in [2.75, 3.05) is 18.7 Å². The molecular weight excluding hydrogens is 396 g/mol. The van der Waals surface area contributed by atoms with E-state index in [1.54, 1.807) is 17.8 Å². The van der Waals surface area contributed by atoms with Gasteiger partial charge in [-0.05, 0) is 49.1 Å². The number of amides is 1. The maximum absolute atomic E-state index is 12.3. The Morgan fingerprint density at radius 1 is 1.21 bits per heavy atom. The number of nitrogens with zero attached hydrogens (tertiary/aromatic N) is 1. The molecular formula is C20H20N2O6S. The minimum Gasteiger partial charge on any atom is -0.496 e. The molecule has 152 valence electrons. The molecule has 0 bridgehead atoms. The molecule has 2 rings (SSSR count). The Hall–Kier alpha value is -3.33. The van der Waals surface area contributed by atoms with Crippen molar-refractivity contribution >= 4 is 41.1 Å². The molecule has 29 heavy (non-hydrogen) atoms. The molecule has 0 spiro atoms. The fourth-order valence-electron chi connectivity index (χ4n) is 2.28. The molecule has 2 aromatic rings. The molecule has 0 heterocycles. The number of anilines is 1. The predicted octanol–water partition coefficient (Wildman–Crippen LogP) is 3.91.